The van der Waals surface area contributed by atoms with Gasteiger partial charge in [-0.1, -0.05) is 78.7 Å². The first-order chi connectivity index (χ1) is 21.2. The van der Waals surface area contributed by atoms with E-state index in [1.807, 2.05) is 49.4 Å². The highest BCUT2D eigenvalue weighted by Crippen LogP contribution is 2.64. The van der Waals surface area contributed by atoms with Crippen LogP contribution >= 0.6 is 11.6 Å². The molecule has 0 radical (unpaired) electrons. The van der Waals surface area contributed by atoms with Crippen molar-refractivity contribution >= 4 is 40.9 Å². The average molecular weight is 609 g/mol. The second-order valence-electron chi connectivity index (χ2n) is 12.5. The van der Waals surface area contributed by atoms with Crippen LogP contribution in [-0.4, -0.2) is 40.2 Å². The lowest BCUT2D eigenvalue weighted by molar-refractivity contribution is -0.140. The Morgan fingerprint density at radius 1 is 0.909 bits per heavy atom. The molecule has 44 heavy (non-hydrogen) atoms. The van der Waals surface area contributed by atoms with Gasteiger partial charge in [0.1, 0.15) is 5.75 Å². The molecule has 1 N–H and O–H groups in total. The van der Waals surface area contributed by atoms with Crippen LogP contribution in [0.4, 0.5) is 5.69 Å². The quantitative estimate of drug-likeness (QED) is 0.286. The van der Waals surface area contributed by atoms with E-state index in [-0.39, 0.29) is 35.8 Å². The summed E-state index contributed by atoms with van der Waals surface area (Å²) in [7, 11) is 0. The Balaban J connectivity index is 1.49. The number of hydrogen-bond donors (Lipinski definition) is 1. The number of carbonyl (C=O) groups is 4. The highest BCUT2D eigenvalue weighted by atomic mass is 35.5. The number of aromatic hydroxyl groups is 1. The molecule has 6 atom stereocenters. The van der Waals surface area contributed by atoms with Crippen molar-refractivity contribution in [2.45, 2.75) is 44.4 Å². The first-order valence-electron chi connectivity index (χ1n) is 15.2. The Morgan fingerprint density at radius 2 is 1.68 bits per heavy atom. The van der Waals surface area contributed by atoms with Crippen LogP contribution in [-0.2, 0) is 24.6 Å². The number of aryl methyl sites for hydroxylation is 1. The van der Waals surface area contributed by atoms with E-state index >= 15 is 4.79 Å². The van der Waals surface area contributed by atoms with E-state index in [0.29, 0.717) is 41.2 Å². The Kier molecular flexibility index (Phi) is 6.77. The number of nitrogens with zero attached hydrogens (tertiary/aromatic N) is 2. The van der Waals surface area contributed by atoms with E-state index < -0.39 is 35.0 Å². The normalized spacial score (nSPS) is 29.4. The average Bonchev–Trinajstić information content (AvgIpc) is 3.40. The lowest BCUT2D eigenvalue weighted by atomic mass is 9.49. The third-order valence-electron chi connectivity index (χ3n) is 10.3. The second kappa shape index (κ2) is 10.4. The van der Waals surface area contributed by atoms with E-state index in [1.165, 1.54) is 9.80 Å². The zero-order valence-electron chi connectivity index (χ0n) is 24.6. The smallest absolute Gasteiger partial charge is 0.246 e. The van der Waals surface area contributed by atoms with Crippen molar-refractivity contribution in [3.05, 3.63) is 106 Å². The van der Waals surface area contributed by atoms with Crippen LogP contribution < -0.4 is 4.90 Å². The zero-order valence-corrected chi connectivity index (χ0v) is 25.3. The van der Waals surface area contributed by atoms with E-state index in [2.05, 4.69) is 6.08 Å². The molecular weight excluding hydrogens is 576 g/mol. The van der Waals surface area contributed by atoms with Crippen LogP contribution in [0.1, 0.15) is 48.8 Å². The summed E-state index contributed by atoms with van der Waals surface area (Å²) in [5.41, 5.74) is 2.11. The summed E-state index contributed by atoms with van der Waals surface area (Å²) < 4.78 is 0. The number of rotatable bonds is 5. The fourth-order valence-corrected chi connectivity index (χ4v) is 8.67. The Bertz CT molecular complexity index is 1750. The van der Waals surface area contributed by atoms with Gasteiger partial charge in [-0.05, 0) is 73.1 Å². The number of allylic oxidation sites excluding steroid dienone is 2. The van der Waals surface area contributed by atoms with E-state index in [0.717, 1.165) is 11.1 Å². The number of amides is 4. The maximum absolute atomic E-state index is 15.1. The second-order valence-corrected chi connectivity index (χ2v) is 12.9. The molecule has 1 saturated carbocycles. The van der Waals surface area contributed by atoms with Gasteiger partial charge in [0.2, 0.25) is 23.6 Å². The molecule has 4 aliphatic rings. The molecule has 7 nitrogen and oxygen atoms in total. The highest BCUT2D eigenvalue weighted by Gasteiger charge is 2.70. The number of likely N-dealkylation sites (tertiary alicyclic amines) is 1. The van der Waals surface area contributed by atoms with Crippen LogP contribution in [0.5, 0.6) is 5.75 Å². The van der Waals surface area contributed by atoms with Gasteiger partial charge in [0.05, 0.1) is 28.9 Å². The Morgan fingerprint density at radius 3 is 2.39 bits per heavy atom. The largest absolute Gasteiger partial charge is 0.508 e. The number of benzene rings is 3. The molecule has 0 unspecified atom stereocenters. The van der Waals surface area contributed by atoms with Gasteiger partial charge in [0, 0.05) is 17.5 Å². The number of phenols is 1. The molecule has 8 heteroatoms. The summed E-state index contributed by atoms with van der Waals surface area (Å²) in [6.07, 6.45) is 3.37. The minimum Gasteiger partial charge on any atom is -0.508 e. The minimum absolute atomic E-state index is 0.130. The van der Waals surface area contributed by atoms with E-state index in [4.69, 9.17) is 11.6 Å². The van der Waals surface area contributed by atoms with E-state index in [9.17, 15) is 19.5 Å². The standard InChI is InChI=1S/C36H33ClN2O5/c1-3-16-38-32(41)26-14-13-25-27(30(26)34(38)43)19-28-33(42)39(24-11-7-10-23(37)18-24)35(44)36(28,22-8-5-4-6-9-22)31(25)21-12-15-29(40)20(2)17-21/h4-13,15,17-18,26-28,30-31,40H,3,14,16,19H2,1-2H3/t26-,27+,28-,30-,31-,36+/m0/s1. The number of hydrogen-bond acceptors (Lipinski definition) is 5. The van der Waals surface area contributed by atoms with Crippen molar-refractivity contribution in [1.29, 1.82) is 0 Å². The molecule has 7 rings (SSSR count). The minimum atomic E-state index is -1.33. The third-order valence-corrected chi connectivity index (χ3v) is 10.5. The summed E-state index contributed by atoms with van der Waals surface area (Å²) in [4.78, 5) is 59.8. The molecule has 0 spiro atoms. The van der Waals surface area contributed by atoms with Gasteiger partial charge >= 0.3 is 0 Å². The van der Waals surface area contributed by atoms with Gasteiger partial charge < -0.3 is 5.11 Å². The molecule has 3 aromatic rings. The van der Waals surface area contributed by atoms with Crippen molar-refractivity contribution in [3.63, 3.8) is 0 Å². The molecule has 2 saturated heterocycles. The molecule has 224 valence electrons. The number of anilines is 1. The maximum Gasteiger partial charge on any atom is 0.246 e. The first kappa shape index (κ1) is 28.5. The Labute approximate surface area is 261 Å². The van der Waals surface area contributed by atoms with E-state index in [1.54, 1.807) is 37.3 Å². The lowest BCUT2D eigenvalue weighted by Gasteiger charge is -2.50. The predicted octanol–water partition coefficient (Wildman–Crippen LogP) is 5.93. The van der Waals surface area contributed by atoms with Crippen LogP contribution in [0.2, 0.25) is 5.02 Å². The molecule has 4 amide bonds. The van der Waals surface area contributed by atoms with Gasteiger partial charge in [-0.15, -0.1) is 0 Å². The predicted molar refractivity (Wildman–Crippen MR) is 166 cm³/mol. The third kappa shape index (κ3) is 3.88. The van der Waals surface area contributed by atoms with Crippen molar-refractivity contribution in [3.8, 4) is 5.75 Å². The molecule has 3 fully saturated rings. The SMILES string of the molecule is CCCN1C(=O)[C@H]2[C@H](CC=C3[C@H]2C[C@H]2C(=O)N(c4cccc(Cl)c4)C(=O)[C@@]2(c2ccccc2)[C@H]3c2ccc(O)c(C)c2)C1=O. The van der Waals surface area contributed by atoms with Crippen molar-refractivity contribution in [1.82, 2.24) is 4.90 Å². The van der Waals surface area contributed by atoms with Gasteiger partial charge in [-0.3, -0.25) is 24.1 Å². The van der Waals surface area contributed by atoms with Crippen LogP contribution in [0.3, 0.4) is 0 Å². The fourth-order valence-electron chi connectivity index (χ4n) is 8.49. The number of carbonyl (C=O) groups excluding carboxylic acids is 4. The van der Waals surface area contributed by atoms with Crippen molar-refractivity contribution in [2.75, 3.05) is 11.4 Å². The Hall–Kier alpha value is -4.23. The zero-order chi connectivity index (χ0) is 30.9. The monoisotopic (exact) mass is 608 g/mol. The van der Waals surface area contributed by atoms with Crippen LogP contribution in [0.15, 0.2) is 84.4 Å². The molecule has 0 bridgehead atoms. The number of imide groups is 2. The molecule has 2 aliphatic heterocycles. The van der Waals surface area contributed by atoms with Crippen LogP contribution in [0, 0.1) is 30.6 Å². The van der Waals surface area contributed by atoms with Crippen molar-refractivity contribution in [2.24, 2.45) is 23.7 Å². The van der Waals surface area contributed by atoms with Gasteiger partial charge in [-0.2, -0.15) is 0 Å². The summed E-state index contributed by atoms with van der Waals surface area (Å²) in [6, 6.07) is 21.5. The topological polar surface area (TPSA) is 95.0 Å². The summed E-state index contributed by atoms with van der Waals surface area (Å²) in [5, 5.41) is 10.9. The fraction of sp³-hybridized carbons (Fsp3) is 0.333. The van der Waals surface area contributed by atoms with Gasteiger partial charge in [-0.25, -0.2) is 4.90 Å². The maximum atomic E-state index is 15.1. The highest BCUT2D eigenvalue weighted by molar-refractivity contribution is 6.32. The van der Waals surface area contributed by atoms with Gasteiger partial charge in [0.15, 0.2) is 0 Å². The number of halogens is 1. The summed E-state index contributed by atoms with van der Waals surface area (Å²) in [6.45, 7) is 4.11. The van der Waals surface area contributed by atoms with Crippen LogP contribution in [0.25, 0.3) is 0 Å². The molecule has 2 heterocycles. The molecule has 3 aromatic carbocycles. The lowest BCUT2D eigenvalue weighted by Crippen LogP contribution is -2.53. The first-order valence-corrected chi connectivity index (χ1v) is 15.6. The van der Waals surface area contributed by atoms with Gasteiger partial charge in [0.25, 0.3) is 0 Å². The summed E-state index contributed by atoms with van der Waals surface area (Å²) >= 11 is 6.35. The number of phenolic OH excluding ortho intramolecular Hbond substituents is 1. The summed E-state index contributed by atoms with van der Waals surface area (Å²) in [5.74, 6) is -3.79. The molecular formula is C36H33ClN2O5. The van der Waals surface area contributed by atoms with Crippen molar-refractivity contribution < 1.29 is 24.3 Å². The number of fused-ring (bicyclic) bond motifs is 4. The molecule has 2 aliphatic carbocycles. The molecule has 0 aromatic heterocycles.